The molecule has 3 N–H and O–H groups in total. The van der Waals surface area contributed by atoms with E-state index in [1.807, 2.05) is 22.6 Å². The van der Waals surface area contributed by atoms with Crippen molar-refractivity contribution in [1.82, 2.24) is 5.32 Å². The smallest absolute Gasteiger partial charge is 0.337 e. The van der Waals surface area contributed by atoms with Crippen LogP contribution in [-0.4, -0.2) is 22.1 Å². The van der Waals surface area contributed by atoms with Gasteiger partial charge in [-0.2, -0.15) is 0 Å². The van der Waals surface area contributed by atoms with Crippen molar-refractivity contribution in [2.24, 2.45) is 0 Å². The van der Waals surface area contributed by atoms with E-state index < -0.39 is 11.9 Å². The molecule has 2 rings (SSSR count). The number of aromatic carboxylic acids is 1. The highest BCUT2D eigenvalue weighted by molar-refractivity contribution is 14.1. The highest BCUT2D eigenvalue weighted by atomic mass is 127. The SMILES string of the molecule is O=C(NC(=S)Nc1ccc(I)cc1C(=O)O)c1ccco1. The fourth-order valence-electron chi connectivity index (χ4n) is 1.53. The Morgan fingerprint density at radius 2 is 2.05 bits per heavy atom. The van der Waals surface area contributed by atoms with Crippen molar-refractivity contribution < 1.29 is 19.1 Å². The zero-order valence-electron chi connectivity index (χ0n) is 10.4. The molecule has 0 aliphatic heterocycles. The van der Waals surface area contributed by atoms with Gasteiger partial charge in [0.15, 0.2) is 10.9 Å². The number of hydrogen-bond acceptors (Lipinski definition) is 4. The van der Waals surface area contributed by atoms with E-state index in [-0.39, 0.29) is 16.4 Å². The lowest BCUT2D eigenvalue weighted by Gasteiger charge is -2.11. The molecule has 1 aromatic heterocycles. The lowest BCUT2D eigenvalue weighted by atomic mass is 10.2. The number of thiocarbonyl (C=S) groups is 1. The molecule has 0 aliphatic carbocycles. The standard InChI is InChI=1S/C13H9IN2O4S/c14-7-3-4-9(8(6-7)12(18)19)15-13(21)16-11(17)10-2-1-5-20-10/h1-6H,(H,18,19)(H2,15,16,17,21). The van der Waals surface area contributed by atoms with Gasteiger partial charge >= 0.3 is 5.97 Å². The normalized spacial score (nSPS) is 9.95. The van der Waals surface area contributed by atoms with Gasteiger partial charge in [0.1, 0.15) is 0 Å². The Kier molecular flexibility index (Phi) is 4.91. The first-order valence-electron chi connectivity index (χ1n) is 5.66. The van der Waals surface area contributed by atoms with Crippen LogP contribution in [0.4, 0.5) is 5.69 Å². The Bertz CT molecular complexity index is 700. The second kappa shape index (κ2) is 6.68. The van der Waals surface area contributed by atoms with Gasteiger partial charge in [0.05, 0.1) is 17.5 Å². The molecule has 6 nitrogen and oxygen atoms in total. The summed E-state index contributed by atoms with van der Waals surface area (Å²) < 4.78 is 5.71. The van der Waals surface area contributed by atoms with Crippen LogP contribution in [0.5, 0.6) is 0 Å². The lowest BCUT2D eigenvalue weighted by molar-refractivity contribution is 0.0697. The number of carboxylic acids is 1. The van der Waals surface area contributed by atoms with Gasteiger partial charge in [0.2, 0.25) is 0 Å². The van der Waals surface area contributed by atoms with E-state index in [1.54, 1.807) is 18.2 Å². The predicted molar refractivity (Wildman–Crippen MR) is 88.5 cm³/mol. The van der Waals surface area contributed by atoms with Crippen LogP contribution >= 0.6 is 34.8 Å². The molecule has 0 unspecified atom stereocenters. The molecule has 1 heterocycles. The van der Waals surface area contributed by atoms with Crippen molar-refractivity contribution in [2.45, 2.75) is 0 Å². The number of hydrogen-bond donors (Lipinski definition) is 3. The molecule has 21 heavy (non-hydrogen) atoms. The molecule has 8 heteroatoms. The van der Waals surface area contributed by atoms with Gasteiger partial charge in [-0.1, -0.05) is 0 Å². The number of nitrogens with one attached hydrogen (secondary N) is 2. The fraction of sp³-hybridized carbons (Fsp3) is 0. The molecule has 0 atom stereocenters. The molecule has 0 saturated carbocycles. The fourth-order valence-corrected chi connectivity index (χ4v) is 2.22. The number of benzene rings is 1. The minimum atomic E-state index is -1.09. The minimum Gasteiger partial charge on any atom is -0.478 e. The molecule has 1 amide bonds. The van der Waals surface area contributed by atoms with Crippen LogP contribution in [0.1, 0.15) is 20.9 Å². The summed E-state index contributed by atoms with van der Waals surface area (Å²) in [6.45, 7) is 0. The number of carboxylic acid groups (broad SMARTS) is 1. The van der Waals surface area contributed by atoms with Crippen LogP contribution in [0.15, 0.2) is 41.0 Å². The number of amides is 1. The molecule has 1 aromatic carbocycles. The lowest BCUT2D eigenvalue weighted by Crippen LogP contribution is -2.34. The molecule has 2 aromatic rings. The summed E-state index contributed by atoms with van der Waals surface area (Å²) in [6, 6.07) is 7.88. The van der Waals surface area contributed by atoms with Crippen molar-refractivity contribution in [3.63, 3.8) is 0 Å². The molecule has 0 radical (unpaired) electrons. The third-order valence-electron chi connectivity index (χ3n) is 2.43. The largest absolute Gasteiger partial charge is 0.478 e. The Morgan fingerprint density at radius 1 is 1.29 bits per heavy atom. The van der Waals surface area contributed by atoms with Crippen LogP contribution in [-0.2, 0) is 0 Å². The number of halogens is 1. The highest BCUT2D eigenvalue weighted by Gasteiger charge is 2.14. The monoisotopic (exact) mass is 416 g/mol. The van der Waals surface area contributed by atoms with Gasteiger partial charge in [0.25, 0.3) is 5.91 Å². The third-order valence-corrected chi connectivity index (χ3v) is 3.31. The van der Waals surface area contributed by atoms with Gasteiger partial charge in [0, 0.05) is 3.57 Å². The Morgan fingerprint density at radius 3 is 2.67 bits per heavy atom. The van der Waals surface area contributed by atoms with E-state index in [4.69, 9.17) is 21.7 Å². The molecule has 0 spiro atoms. The average molecular weight is 416 g/mol. The number of carbonyl (C=O) groups excluding carboxylic acids is 1. The maximum absolute atomic E-state index is 11.7. The van der Waals surface area contributed by atoms with E-state index in [1.165, 1.54) is 18.4 Å². The Balaban J connectivity index is 2.10. The van der Waals surface area contributed by atoms with Crippen LogP contribution < -0.4 is 10.6 Å². The number of rotatable bonds is 3. The van der Waals surface area contributed by atoms with E-state index in [0.29, 0.717) is 5.69 Å². The number of anilines is 1. The summed E-state index contributed by atoms with van der Waals surface area (Å²) in [5, 5.41) is 14.2. The van der Waals surface area contributed by atoms with Gasteiger partial charge < -0.3 is 14.8 Å². The quantitative estimate of drug-likeness (QED) is 0.527. The van der Waals surface area contributed by atoms with Crippen LogP contribution in [0.2, 0.25) is 0 Å². The van der Waals surface area contributed by atoms with Gasteiger partial charge in [-0.05, 0) is 65.1 Å². The highest BCUT2D eigenvalue weighted by Crippen LogP contribution is 2.19. The second-order valence-electron chi connectivity index (χ2n) is 3.88. The zero-order chi connectivity index (χ0) is 15.4. The average Bonchev–Trinajstić information content (AvgIpc) is 2.94. The first-order chi connectivity index (χ1) is 9.97. The topological polar surface area (TPSA) is 91.6 Å². The maximum atomic E-state index is 11.7. The van der Waals surface area contributed by atoms with E-state index in [0.717, 1.165) is 3.57 Å². The van der Waals surface area contributed by atoms with Crippen LogP contribution in [0, 0.1) is 3.57 Å². The minimum absolute atomic E-state index is 0.0138. The summed E-state index contributed by atoms with van der Waals surface area (Å²) in [6.07, 6.45) is 1.37. The second-order valence-corrected chi connectivity index (χ2v) is 5.53. The summed E-state index contributed by atoms with van der Waals surface area (Å²) in [5.41, 5.74) is 0.365. The van der Waals surface area contributed by atoms with E-state index in [9.17, 15) is 9.59 Å². The summed E-state index contributed by atoms with van der Waals surface area (Å²) in [5.74, 6) is -1.49. The van der Waals surface area contributed by atoms with Gasteiger partial charge in [-0.3, -0.25) is 10.1 Å². The maximum Gasteiger partial charge on any atom is 0.337 e. The molecular formula is C13H9IN2O4S. The molecule has 0 aliphatic rings. The van der Waals surface area contributed by atoms with E-state index >= 15 is 0 Å². The first kappa shape index (κ1) is 15.4. The summed E-state index contributed by atoms with van der Waals surface area (Å²) >= 11 is 7.00. The number of carbonyl (C=O) groups is 2. The van der Waals surface area contributed by atoms with Gasteiger partial charge in [-0.15, -0.1) is 0 Å². The van der Waals surface area contributed by atoms with Crippen molar-refractivity contribution in [2.75, 3.05) is 5.32 Å². The first-order valence-corrected chi connectivity index (χ1v) is 7.15. The Labute approximate surface area is 138 Å². The summed E-state index contributed by atoms with van der Waals surface area (Å²) in [7, 11) is 0. The van der Waals surface area contributed by atoms with Crippen LogP contribution in [0.3, 0.4) is 0 Å². The van der Waals surface area contributed by atoms with Crippen LogP contribution in [0.25, 0.3) is 0 Å². The van der Waals surface area contributed by atoms with E-state index in [2.05, 4.69) is 10.6 Å². The Hall–Kier alpha value is -1.94. The van der Waals surface area contributed by atoms with Crippen molar-refractivity contribution >= 4 is 57.5 Å². The van der Waals surface area contributed by atoms with Gasteiger partial charge in [-0.25, -0.2) is 4.79 Å². The molecule has 0 saturated heterocycles. The van der Waals surface area contributed by atoms with Crippen molar-refractivity contribution in [1.29, 1.82) is 0 Å². The molecule has 108 valence electrons. The van der Waals surface area contributed by atoms with Crippen molar-refractivity contribution in [3.8, 4) is 0 Å². The predicted octanol–water partition coefficient (Wildman–Crippen LogP) is 2.71. The zero-order valence-corrected chi connectivity index (χ0v) is 13.4. The molecular weight excluding hydrogens is 407 g/mol. The summed E-state index contributed by atoms with van der Waals surface area (Å²) in [4.78, 5) is 22.9. The third kappa shape index (κ3) is 4.02. The number of furan rings is 1. The molecule has 0 bridgehead atoms. The molecule has 0 fully saturated rings. The van der Waals surface area contributed by atoms with Crippen molar-refractivity contribution in [3.05, 3.63) is 51.5 Å².